The third kappa shape index (κ3) is 2.99. The van der Waals surface area contributed by atoms with Crippen LogP contribution in [-0.4, -0.2) is 35.2 Å². The minimum atomic E-state index is -0.185. The van der Waals surface area contributed by atoms with Gasteiger partial charge in [-0.25, -0.2) is 0 Å². The molecule has 1 aliphatic rings. The first-order chi connectivity index (χ1) is 9.48. The van der Waals surface area contributed by atoms with Crippen molar-refractivity contribution in [2.75, 3.05) is 18.4 Å². The summed E-state index contributed by atoms with van der Waals surface area (Å²) in [7, 11) is 0. The maximum atomic E-state index is 9.87. The number of benzene rings is 1. The number of nitrogens with one attached hydrogen (secondary N) is 1. The van der Waals surface area contributed by atoms with Crippen molar-refractivity contribution < 1.29 is 5.11 Å². The molecule has 2 rings (SSSR count). The minimum Gasteiger partial charge on any atom is -0.392 e. The Morgan fingerprint density at radius 3 is 2.45 bits per heavy atom. The standard InChI is InChI=1S/C17H28N2O/c1-5-19(6-2)12-13-9-7-8-10-14(13)18-15-11-16(20)17(15,3)4/h7-10,15-16,18,20H,5-6,11-12H2,1-4H3. The average molecular weight is 276 g/mol. The van der Waals surface area contributed by atoms with E-state index < -0.39 is 0 Å². The first-order valence-electron chi connectivity index (χ1n) is 7.73. The highest BCUT2D eigenvalue weighted by atomic mass is 16.3. The van der Waals surface area contributed by atoms with Crippen molar-refractivity contribution in [3.05, 3.63) is 29.8 Å². The van der Waals surface area contributed by atoms with Gasteiger partial charge in [0.15, 0.2) is 0 Å². The van der Waals surface area contributed by atoms with E-state index in [9.17, 15) is 5.11 Å². The fourth-order valence-corrected chi connectivity index (χ4v) is 2.82. The van der Waals surface area contributed by atoms with E-state index in [1.165, 1.54) is 11.3 Å². The van der Waals surface area contributed by atoms with E-state index in [-0.39, 0.29) is 11.5 Å². The summed E-state index contributed by atoms with van der Waals surface area (Å²) in [6, 6.07) is 8.89. The second-order valence-corrected chi connectivity index (χ2v) is 6.39. The quantitative estimate of drug-likeness (QED) is 0.838. The van der Waals surface area contributed by atoms with Crippen molar-refractivity contribution in [3.63, 3.8) is 0 Å². The highest BCUT2D eigenvalue weighted by molar-refractivity contribution is 5.52. The zero-order valence-corrected chi connectivity index (χ0v) is 13.2. The van der Waals surface area contributed by atoms with E-state index >= 15 is 0 Å². The number of aliphatic hydroxyl groups excluding tert-OH is 1. The summed E-state index contributed by atoms with van der Waals surface area (Å²) >= 11 is 0. The van der Waals surface area contributed by atoms with Crippen molar-refractivity contribution in [3.8, 4) is 0 Å². The maximum absolute atomic E-state index is 9.87. The van der Waals surface area contributed by atoms with Crippen LogP contribution in [0.15, 0.2) is 24.3 Å². The SMILES string of the molecule is CCN(CC)Cc1ccccc1NC1CC(O)C1(C)C. The number of para-hydroxylation sites is 1. The summed E-state index contributed by atoms with van der Waals surface area (Å²) in [5.41, 5.74) is 2.51. The molecule has 0 aromatic heterocycles. The Labute approximate surface area is 123 Å². The predicted molar refractivity (Wildman–Crippen MR) is 84.9 cm³/mol. The highest BCUT2D eigenvalue weighted by Crippen LogP contribution is 2.42. The van der Waals surface area contributed by atoms with Crippen LogP contribution in [0.4, 0.5) is 5.69 Å². The monoisotopic (exact) mass is 276 g/mol. The Morgan fingerprint density at radius 1 is 1.25 bits per heavy atom. The minimum absolute atomic E-state index is 0.0394. The molecule has 0 heterocycles. The van der Waals surface area contributed by atoms with E-state index in [4.69, 9.17) is 0 Å². The van der Waals surface area contributed by atoms with Crippen LogP contribution < -0.4 is 5.32 Å². The lowest BCUT2D eigenvalue weighted by atomic mass is 9.64. The fourth-order valence-electron chi connectivity index (χ4n) is 2.82. The van der Waals surface area contributed by atoms with E-state index in [0.717, 1.165) is 26.1 Å². The predicted octanol–water partition coefficient (Wildman–Crippen LogP) is 3.10. The first kappa shape index (κ1) is 15.3. The smallest absolute Gasteiger partial charge is 0.0630 e. The number of rotatable bonds is 6. The third-order valence-electron chi connectivity index (χ3n) is 4.85. The number of nitrogens with zero attached hydrogens (tertiary/aromatic N) is 1. The molecule has 2 atom stereocenters. The molecule has 1 fully saturated rings. The Balaban J connectivity index is 2.09. The van der Waals surface area contributed by atoms with Gasteiger partial charge in [-0.3, -0.25) is 4.90 Å². The lowest BCUT2D eigenvalue weighted by Crippen LogP contribution is -2.57. The van der Waals surface area contributed by atoms with Crippen molar-refractivity contribution in [2.24, 2.45) is 5.41 Å². The molecular weight excluding hydrogens is 248 g/mol. The normalized spacial score (nSPS) is 24.5. The first-order valence-corrected chi connectivity index (χ1v) is 7.73. The molecular formula is C17H28N2O. The molecule has 0 bridgehead atoms. The second kappa shape index (κ2) is 6.15. The largest absolute Gasteiger partial charge is 0.392 e. The number of anilines is 1. The molecule has 2 N–H and O–H groups in total. The lowest BCUT2D eigenvalue weighted by Gasteiger charge is -2.50. The molecule has 2 unspecified atom stereocenters. The van der Waals surface area contributed by atoms with Crippen molar-refractivity contribution in [2.45, 2.75) is 52.8 Å². The van der Waals surface area contributed by atoms with Crippen molar-refractivity contribution >= 4 is 5.69 Å². The van der Waals surface area contributed by atoms with Crippen LogP contribution in [0.1, 0.15) is 39.7 Å². The second-order valence-electron chi connectivity index (χ2n) is 6.39. The van der Waals surface area contributed by atoms with Crippen LogP contribution in [0, 0.1) is 5.41 Å². The molecule has 1 aliphatic carbocycles. The molecule has 0 aliphatic heterocycles. The average Bonchev–Trinajstić information content (AvgIpc) is 2.45. The van der Waals surface area contributed by atoms with Gasteiger partial charge in [0.25, 0.3) is 0 Å². The van der Waals surface area contributed by atoms with Gasteiger partial charge in [0.2, 0.25) is 0 Å². The van der Waals surface area contributed by atoms with Crippen LogP contribution in [0.5, 0.6) is 0 Å². The fraction of sp³-hybridized carbons (Fsp3) is 0.647. The molecule has 0 saturated heterocycles. The summed E-state index contributed by atoms with van der Waals surface area (Å²) in [5.74, 6) is 0. The van der Waals surface area contributed by atoms with Gasteiger partial charge in [0.1, 0.15) is 0 Å². The van der Waals surface area contributed by atoms with Gasteiger partial charge in [-0.15, -0.1) is 0 Å². The molecule has 112 valence electrons. The lowest BCUT2D eigenvalue weighted by molar-refractivity contribution is -0.0510. The number of hydrogen-bond donors (Lipinski definition) is 2. The molecule has 0 amide bonds. The van der Waals surface area contributed by atoms with Gasteiger partial charge in [0, 0.05) is 23.7 Å². The van der Waals surface area contributed by atoms with E-state index in [1.807, 2.05) is 0 Å². The van der Waals surface area contributed by atoms with Crippen LogP contribution in [0.25, 0.3) is 0 Å². The third-order valence-corrected chi connectivity index (χ3v) is 4.85. The van der Waals surface area contributed by atoms with Crippen LogP contribution in [-0.2, 0) is 6.54 Å². The van der Waals surface area contributed by atoms with Gasteiger partial charge in [0.05, 0.1) is 6.10 Å². The molecule has 0 radical (unpaired) electrons. The molecule has 1 aromatic carbocycles. The van der Waals surface area contributed by atoms with Gasteiger partial charge in [-0.05, 0) is 31.1 Å². The van der Waals surface area contributed by atoms with Crippen molar-refractivity contribution in [1.29, 1.82) is 0 Å². The molecule has 1 saturated carbocycles. The van der Waals surface area contributed by atoms with Gasteiger partial charge in [-0.1, -0.05) is 45.9 Å². The van der Waals surface area contributed by atoms with Crippen LogP contribution >= 0.6 is 0 Å². The number of hydrogen-bond acceptors (Lipinski definition) is 3. The van der Waals surface area contributed by atoms with Crippen molar-refractivity contribution in [1.82, 2.24) is 4.90 Å². The van der Waals surface area contributed by atoms with Crippen LogP contribution in [0.3, 0.4) is 0 Å². The summed E-state index contributed by atoms with van der Waals surface area (Å²) < 4.78 is 0. The van der Waals surface area contributed by atoms with E-state index in [1.54, 1.807) is 0 Å². The Bertz CT molecular complexity index is 440. The van der Waals surface area contributed by atoms with Gasteiger partial charge >= 0.3 is 0 Å². The zero-order valence-electron chi connectivity index (χ0n) is 13.2. The topological polar surface area (TPSA) is 35.5 Å². The molecule has 20 heavy (non-hydrogen) atoms. The Hall–Kier alpha value is -1.06. The molecule has 0 spiro atoms. The number of aliphatic hydroxyl groups is 1. The van der Waals surface area contributed by atoms with Gasteiger partial charge in [-0.2, -0.15) is 0 Å². The molecule has 3 nitrogen and oxygen atoms in total. The van der Waals surface area contributed by atoms with E-state index in [0.29, 0.717) is 6.04 Å². The Kier molecular flexibility index (Phi) is 4.71. The summed E-state index contributed by atoms with van der Waals surface area (Å²) in [6.45, 7) is 11.8. The summed E-state index contributed by atoms with van der Waals surface area (Å²) in [5, 5.41) is 13.5. The molecule has 3 heteroatoms. The summed E-state index contributed by atoms with van der Waals surface area (Å²) in [6.07, 6.45) is 0.655. The molecule has 1 aromatic rings. The van der Waals surface area contributed by atoms with Gasteiger partial charge < -0.3 is 10.4 Å². The highest BCUT2D eigenvalue weighted by Gasteiger charge is 2.47. The van der Waals surface area contributed by atoms with E-state index in [2.05, 4.69) is 62.2 Å². The zero-order chi connectivity index (χ0) is 14.8. The Morgan fingerprint density at radius 2 is 1.90 bits per heavy atom. The summed E-state index contributed by atoms with van der Waals surface area (Å²) in [4.78, 5) is 2.42. The maximum Gasteiger partial charge on any atom is 0.0630 e. The van der Waals surface area contributed by atoms with Crippen LogP contribution in [0.2, 0.25) is 0 Å².